The van der Waals surface area contributed by atoms with Gasteiger partial charge in [-0.15, -0.1) is 24.0 Å². The molecule has 2 aliphatic rings. The zero-order valence-electron chi connectivity index (χ0n) is 12.0. The van der Waals surface area contributed by atoms with E-state index in [1.54, 1.807) is 4.90 Å². The summed E-state index contributed by atoms with van der Waals surface area (Å²) in [5, 5.41) is 3.24. The SMILES string of the molecule is CCOC(=O)N1CCC(NC(N)=NCC2CC2)CC1.I. The van der Waals surface area contributed by atoms with Crippen molar-refractivity contribution < 1.29 is 9.53 Å². The maximum absolute atomic E-state index is 11.5. The number of amides is 1. The van der Waals surface area contributed by atoms with Gasteiger partial charge >= 0.3 is 6.09 Å². The van der Waals surface area contributed by atoms with E-state index in [0.29, 0.717) is 31.7 Å². The molecule has 1 amide bonds. The summed E-state index contributed by atoms with van der Waals surface area (Å²) in [7, 11) is 0. The van der Waals surface area contributed by atoms with Crippen LogP contribution in [0.2, 0.25) is 0 Å². The van der Waals surface area contributed by atoms with Gasteiger partial charge in [-0.05, 0) is 38.5 Å². The molecule has 0 atom stereocenters. The average molecular weight is 396 g/mol. The van der Waals surface area contributed by atoms with Gasteiger partial charge in [0.25, 0.3) is 0 Å². The Balaban J connectivity index is 0.00000200. The third kappa shape index (κ3) is 5.72. The maximum Gasteiger partial charge on any atom is 0.409 e. The van der Waals surface area contributed by atoms with Crippen molar-refractivity contribution in [1.29, 1.82) is 0 Å². The number of ether oxygens (including phenoxy) is 1. The van der Waals surface area contributed by atoms with E-state index in [1.807, 2.05) is 6.92 Å². The summed E-state index contributed by atoms with van der Waals surface area (Å²) >= 11 is 0. The fourth-order valence-corrected chi connectivity index (χ4v) is 2.20. The Hall–Kier alpha value is -0.730. The van der Waals surface area contributed by atoms with Gasteiger partial charge in [0.2, 0.25) is 0 Å². The second-order valence-corrected chi connectivity index (χ2v) is 5.27. The molecule has 0 aromatic rings. The smallest absolute Gasteiger partial charge is 0.409 e. The van der Waals surface area contributed by atoms with E-state index < -0.39 is 0 Å². The van der Waals surface area contributed by atoms with Gasteiger partial charge in [0, 0.05) is 25.7 Å². The Kier molecular flexibility index (Phi) is 7.39. The predicted molar refractivity (Wildman–Crippen MR) is 89.4 cm³/mol. The van der Waals surface area contributed by atoms with E-state index >= 15 is 0 Å². The Morgan fingerprint density at radius 2 is 2.00 bits per heavy atom. The highest BCUT2D eigenvalue weighted by Crippen LogP contribution is 2.28. The fraction of sp³-hybridized carbons (Fsp3) is 0.846. The van der Waals surface area contributed by atoms with Crippen molar-refractivity contribution in [3.8, 4) is 0 Å². The van der Waals surface area contributed by atoms with Gasteiger partial charge in [0.05, 0.1) is 6.61 Å². The number of hydrogen-bond donors (Lipinski definition) is 2. The first-order chi connectivity index (χ1) is 9.19. The summed E-state index contributed by atoms with van der Waals surface area (Å²) in [6.45, 7) is 4.53. The Bertz CT molecular complexity index is 339. The quantitative estimate of drug-likeness (QED) is 0.429. The van der Waals surface area contributed by atoms with E-state index in [1.165, 1.54) is 12.8 Å². The second-order valence-electron chi connectivity index (χ2n) is 5.27. The summed E-state index contributed by atoms with van der Waals surface area (Å²) in [4.78, 5) is 17.6. The second kappa shape index (κ2) is 8.53. The molecule has 3 N–H and O–H groups in total. The summed E-state index contributed by atoms with van der Waals surface area (Å²) in [6.07, 6.45) is 4.14. The molecule has 1 heterocycles. The molecule has 0 aromatic heterocycles. The van der Waals surface area contributed by atoms with E-state index in [9.17, 15) is 4.79 Å². The van der Waals surface area contributed by atoms with E-state index in [0.717, 1.165) is 25.3 Å². The molecule has 1 saturated carbocycles. The molecule has 0 aromatic carbocycles. The predicted octanol–water partition coefficient (Wildman–Crippen LogP) is 1.54. The molecular weight excluding hydrogens is 371 g/mol. The molecule has 1 aliphatic carbocycles. The lowest BCUT2D eigenvalue weighted by molar-refractivity contribution is 0.0963. The Morgan fingerprint density at radius 3 is 2.55 bits per heavy atom. The molecule has 0 spiro atoms. The lowest BCUT2D eigenvalue weighted by Gasteiger charge is -2.31. The molecule has 7 heteroatoms. The average Bonchev–Trinajstić information content (AvgIpc) is 3.21. The number of aliphatic imine (C=N–C) groups is 1. The molecule has 6 nitrogen and oxygen atoms in total. The number of rotatable bonds is 4. The third-order valence-electron chi connectivity index (χ3n) is 3.59. The first kappa shape index (κ1) is 17.3. The van der Waals surface area contributed by atoms with Crippen molar-refractivity contribution in [3.05, 3.63) is 0 Å². The molecule has 0 unspecified atom stereocenters. The van der Waals surface area contributed by atoms with Crippen LogP contribution in [0.5, 0.6) is 0 Å². The van der Waals surface area contributed by atoms with Crippen LogP contribution < -0.4 is 11.1 Å². The minimum absolute atomic E-state index is 0. The standard InChI is InChI=1S/C13H24N4O2.HI/c1-2-19-13(18)17-7-5-11(6-8-17)16-12(14)15-9-10-3-4-10;/h10-11H,2-9H2,1H3,(H3,14,15,16);1H. The summed E-state index contributed by atoms with van der Waals surface area (Å²) in [5.74, 6) is 1.30. The van der Waals surface area contributed by atoms with Gasteiger partial charge in [-0.2, -0.15) is 0 Å². The number of nitrogens with one attached hydrogen (secondary N) is 1. The van der Waals surface area contributed by atoms with Crippen LogP contribution >= 0.6 is 24.0 Å². The van der Waals surface area contributed by atoms with Gasteiger partial charge in [-0.3, -0.25) is 4.99 Å². The van der Waals surface area contributed by atoms with Gasteiger partial charge in [-0.1, -0.05) is 0 Å². The monoisotopic (exact) mass is 396 g/mol. The zero-order chi connectivity index (χ0) is 13.7. The Labute approximate surface area is 137 Å². The number of carbonyl (C=O) groups excluding carboxylic acids is 1. The molecule has 0 bridgehead atoms. The van der Waals surface area contributed by atoms with Crippen LogP contribution in [0.15, 0.2) is 4.99 Å². The van der Waals surface area contributed by atoms with Crippen molar-refractivity contribution in [2.45, 2.75) is 38.6 Å². The minimum atomic E-state index is -0.212. The summed E-state index contributed by atoms with van der Waals surface area (Å²) < 4.78 is 4.99. The van der Waals surface area contributed by atoms with Crippen molar-refractivity contribution in [1.82, 2.24) is 10.2 Å². The highest BCUT2D eigenvalue weighted by molar-refractivity contribution is 14.0. The van der Waals surface area contributed by atoms with Crippen molar-refractivity contribution in [2.75, 3.05) is 26.2 Å². The van der Waals surface area contributed by atoms with Crippen LogP contribution in [0.3, 0.4) is 0 Å². The van der Waals surface area contributed by atoms with Gasteiger partial charge in [-0.25, -0.2) is 4.79 Å². The Morgan fingerprint density at radius 1 is 1.35 bits per heavy atom. The molecule has 2 rings (SSSR count). The minimum Gasteiger partial charge on any atom is -0.450 e. The molecule has 1 aliphatic heterocycles. The number of carbonyl (C=O) groups is 1. The number of nitrogens with zero attached hydrogens (tertiary/aromatic N) is 2. The third-order valence-corrected chi connectivity index (χ3v) is 3.59. The fourth-order valence-electron chi connectivity index (χ4n) is 2.20. The first-order valence-corrected chi connectivity index (χ1v) is 7.17. The number of halogens is 1. The van der Waals surface area contributed by atoms with Crippen LogP contribution in [-0.2, 0) is 4.74 Å². The van der Waals surface area contributed by atoms with Crippen LogP contribution in [-0.4, -0.2) is 49.2 Å². The highest BCUT2D eigenvalue weighted by atomic mass is 127. The molecule has 1 saturated heterocycles. The lowest BCUT2D eigenvalue weighted by Crippen LogP contribution is -2.48. The number of nitrogens with two attached hydrogens (primary N) is 1. The number of hydrogen-bond acceptors (Lipinski definition) is 3. The maximum atomic E-state index is 11.5. The highest BCUT2D eigenvalue weighted by Gasteiger charge is 2.24. The summed E-state index contributed by atoms with van der Waals surface area (Å²) in [6, 6.07) is 0.314. The van der Waals surface area contributed by atoms with E-state index in [2.05, 4.69) is 10.3 Å². The first-order valence-electron chi connectivity index (χ1n) is 7.17. The molecule has 20 heavy (non-hydrogen) atoms. The number of likely N-dealkylation sites (tertiary alicyclic amines) is 1. The molecular formula is C13H25IN4O2. The largest absolute Gasteiger partial charge is 0.450 e. The normalized spacial score (nSPS) is 20.2. The summed E-state index contributed by atoms with van der Waals surface area (Å²) in [5.41, 5.74) is 5.86. The van der Waals surface area contributed by atoms with Crippen molar-refractivity contribution in [3.63, 3.8) is 0 Å². The van der Waals surface area contributed by atoms with Crippen LogP contribution in [0.4, 0.5) is 4.79 Å². The van der Waals surface area contributed by atoms with Gasteiger partial charge < -0.3 is 20.7 Å². The molecule has 2 fully saturated rings. The van der Waals surface area contributed by atoms with Crippen molar-refractivity contribution in [2.24, 2.45) is 16.6 Å². The number of guanidine groups is 1. The van der Waals surface area contributed by atoms with Crippen LogP contribution in [0, 0.1) is 5.92 Å². The van der Waals surface area contributed by atoms with Crippen LogP contribution in [0.25, 0.3) is 0 Å². The lowest BCUT2D eigenvalue weighted by atomic mass is 10.1. The zero-order valence-corrected chi connectivity index (χ0v) is 14.3. The van der Waals surface area contributed by atoms with E-state index in [4.69, 9.17) is 10.5 Å². The van der Waals surface area contributed by atoms with Gasteiger partial charge in [0.15, 0.2) is 5.96 Å². The topological polar surface area (TPSA) is 80.0 Å². The number of piperidine rings is 1. The van der Waals surface area contributed by atoms with Crippen LogP contribution in [0.1, 0.15) is 32.6 Å². The molecule has 116 valence electrons. The molecule has 0 radical (unpaired) electrons. The van der Waals surface area contributed by atoms with Crippen molar-refractivity contribution >= 4 is 36.0 Å². The van der Waals surface area contributed by atoms with Gasteiger partial charge in [0.1, 0.15) is 0 Å². The van der Waals surface area contributed by atoms with E-state index in [-0.39, 0.29) is 30.1 Å².